The van der Waals surface area contributed by atoms with Crippen molar-refractivity contribution < 1.29 is 13.9 Å². The van der Waals surface area contributed by atoms with E-state index in [1.165, 1.54) is 23.9 Å². The first-order valence-corrected chi connectivity index (χ1v) is 6.57. The molecule has 0 bridgehead atoms. The number of hydrogen-bond donors (Lipinski definition) is 0. The second-order valence-electron chi connectivity index (χ2n) is 4.80. The lowest BCUT2D eigenvalue weighted by molar-refractivity contribution is 0.0536. The van der Waals surface area contributed by atoms with Gasteiger partial charge in [0.2, 0.25) is 0 Å². The Morgan fingerprint density at radius 1 is 1.35 bits per heavy atom. The molecule has 0 radical (unpaired) electrons. The second-order valence-corrected chi connectivity index (χ2v) is 4.80. The van der Waals surface area contributed by atoms with E-state index in [2.05, 4.69) is 24.9 Å². The monoisotopic (exact) mass is 277 g/mol. The van der Waals surface area contributed by atoms with Gasteiger partial charge in [-0.25, -0.2) is 14.2 Å². The van der Waals surface area contributed by atoms with Crippen LogP contribution in [0.4, 0.5) is 4.39 Å². The number of carbonyl (C=O) groups excluding carboxylic acids is 1. The predicted octanol–water partition coefficient (Wildman–Crippen LogP) is 4.07. The van der Waals surface area contributed by atoms with Crippen molar-refractivity contribution in [2.75, 3.05) is 6.61 Å². The number of rotatable bonds is 6. The highest BCUT2D eigenvalue weighted by Gasteiger charge is 2.13. The van der Waals surface area contributed by atoms with Crippen molar-refractivity contribution in [3.05, 3.63) is 53.1 Å². The van der Waals surface area contributed by atoms with Crippen LogP contribution in [-0.2, 0) is 4.74 Å². The van der Waals surface area contributed by atoms with Gasteiger partial charge in [-0.2, -0.15) is 0 Å². The molecule has 0 aliphatic carbocycles. The van der Waals surface area contributed by atoms with Crippen LogP contribution in [0, 0.1) is 5.82 Å². The fourth-order valence-corrected chi connectivity index (χ4v) is 1.55. The molecular formula is C16H20FNO2. The van der Waals surface area contributed by atoms with Crippen molar-refractivity contribution in [2.24, 2.45) is 0 Å². The average molecular weight is 277 g/mol. The van der Waals surface area contributed by atoms with Gasteiger partial charge in [0.25, 0.3) is 0 Å². The molecule has 0 aliphatic heterocycles. The largest absolute Gasteiger partial charge is 0.457 e. The van der Waals surface area contributed by atoms with Gasteiger partial charge in [0.15, 0.2) is 11.5 Å². The molecule has 4 heteroatoms. The Morgan fingerprint density at radius 2 is 2.10 bits per heavy atom. The molecule has 0 spiro atoms. The molecule has 1 aromatic rings. The summed E-state index contributed by atoms with van der Waals surface area (Å²) >= 11 is 0. The van der Waals surface area contributed by atoms with Gasteiger partial charge in [0.05, 0.1) is 0 Å². The zero-order valence-electron chi connectivity index (χ0n) is 12.1. The molecule has 1 aromatic heterocycles. The van der Waals surface area contributed by atoms with Crippen molar-refractivity contribution in [1.82, 2.24) is 4.98 Å². The van der Waals surface area contributed by atoms with Gasteiger partial charge >= 0.3 is 5.97 Å². The molecule has 0 saturated carbocycles. The van der Waals surface area contributed by atoms with E-state index in [9.17, 15) is 9.18 Å². The molecule has 108 valence electrons. The third kappa shape index (κ3) is 5.78. The third-order valence-corrected chi connectivity index (χ3v) is 2.69. The van der Waals surface area contributed by atoms with E-state index in [1.54, 1.807) is 0 Å². The number of halogens is 1. The summed E-state index contributed by atoms with van der Waals surface area (Å²) in [7, 11) is 0. The maximum absolute atomic E-state index is 13.3. The zero-order chi connectivity index (χ0) is 15.0. The fraction of sp³-hybridized carbons (Fsp3) is 0.375. The molecule has 0 aromatic carbocycles. The maximum Gasteiger partial charge on any atom is 0.360 e. The Morgan fingerprint density at radius 3 is 2.75 bits per heavy atom. The van der Waals surface area contributed by atoms with Gasteiger partial charge in [-0.05, 0) is 51.8 Å². The summed E-state index contributed by atoms with van der Waals surface area (Å²) in [5, 5.41) is 0. The van der Waals surface area contributed by atoms with Gasteiger partial charge in [0.1, 0.15) is 6.61 Å². The van der Waals surface area contributed by atoms with Crippen molar-refractivity contribution >= 4 is 5.97 Å². The molecule has 0 N–H and O–H groups in total. The molecule has 0 atom stereocenters. The third-order valence-electron chi connectivity index (χ3n) is 2.69. The van der Waals surface area contributed by atoms with Crippen LogP contribution < -0.4 is 0 Å². The average Bonchev–Trinajstić information content (AvgIpc) is 2.38. The lowest BCUT2D eigenvalue weighted by Crippen LogP contribution is -2.09. The zero-order valence-corrected chi connectivity index (χ0v) is 12.1. The molecule has 1 rings (SSSR count). The van der Waals surface area contributed by atoms with Crippen LogP contribution in [-0.4, -0.2) is 17.6 Å². The number of carbonyl (C=O) groups is 1. The first-order chi connectivity index (χ1) is 9.50. The topological polar surface area (TPSA) is 39.2 Å². The van der Waals surface area contributed by atoms with Gasteiger partial charge in [-0.3, -0.25) is 0 Å². The Bertz CT molecular complexity index is 517. The lowest BCUT2D eigenvalue weighted by Gasteiger charge is -2.03. The minimum Gasteiger partial charge on any atom is -0.457 e. The van der Waals surface area contributed by atoms with Crippen LogP contribution in [0.3, 0.4) is 0 Å². The Labute approximate surface area is 119 Å². The predicted molar refractivity (Wildman–Crippen MR) is 76.9 cm³/mol. The molecule has 0 fully saturated rings. The summed E-state index contributed by atoms with van der Waals surface area (Å²) in [5.74, 6) is -1.40. The summed E-state index contributed by atoms with van der Waals surface area (Å²) in [6, 6.07) is 2.61. The van der Waals surface area contributed by atoms with E-state index in [0.29, 0.717) is 0 Å². The second kappa shape index (κ2) is 8.25. The van der Waals surface area contributed by atoms with Gasteiger partial charge in [-0.15, -0.1) is 0 Å². The lowest BCUT2D eigenvalue weighted by atomic mass is 10.1. The quantitative estimate of drug-likeness (QED) is 0.581. The number of pyridine rings is 1. The number of ether oxygens (including phenoxy) is 1. The van der Waals surface area contributed by atoms with Crippen LogP contribution in [0.2, 0.25) is 0 Å². The van der Waals surface area contributed by atoms with Crippen molar-refractivity contribution in [2.45, 2.75) is 33.6 Å². The SMILES string of the molecule is CC(C)=CCC/C(C)=C/COC(=O)c1ncccc1F. The summed E-state index contributed by atoms with van der Waals surface area (Å²) in [6.45, 7) is 6.23. The molecule has 0 saturated heterocycles. The number of allylic oxidation sites excluding steroid dienone is 3. The minimum atomic E-state index is -0.739. The van der Waals surface area contributed by atoms with E-state index >= 15 is 0 Å². The molecule has 20 heavy (non-hydrogen) atoms. The molecular weight excluding hydrogens is 257 g/mol. The van der Waals surface area contributed by atoms with E-state index < -0.39 is 11.8 Å². The molecule has 3 nitrogen and oxygen atoms in total. The number of aromatic nitrogens is 1. The number of hydrogen-bond acceptors (Lipinski definition) is 3. The molecule has 0 unspecified atom stereocenters. The fourth-order valence-electron chi connectivity index (χ4n) is 1.55. The summed E-state index contributed by atoms with van der Waals surface area (Å²) in [5.41, 5.74) is 2.15. The van der Waals surface area contributed by atoms with Crippen molar-refractivity contribution in [1.29, 1.82) is 0 Å². The van der Waals surface area contributed by atoms with E-state index in [4.69, 9.17) is 4.74 Å². The minimum absolute atomic E-state index is 0.134. The van der Waals surface area contributed by atoms with Crippen LogP contribution in [0.15, 0.2) is 41.6 Å². The Hall–Kier alpha value is -1.97. The summed E-state index contributed by atoms with van der Waals surface area (Å²) < 4.78 is 18.3. The Balaban J connectivity index is 2.42. The first kappa shape index (κ1) is 16.1. The summed E-state index contributed by atoms with van der Waals surface area (Å²) in [6.07, 6.45) is 7.23. The highest BCUT2D eigenvalue weighted by atomic mass is 19.1. The standard InChI is InChI=1S/C16H20FNO2/c1-12(2)6-4-7-13(3)9-11-20-16(19)15-14(17)8-5-10-18-15/h5-6,8-10H,4,7,11H2,1-3H3/b13-9+. The van der Waals surface area contributed by atoms with Crippen LogP contribution in [0.25, 0.3) is 0 Å². The normalized spacial score (nSPS) is 11.1. The number of esters is 1. The van der Waals surface area contributed by atoms with Crippen molar-refractivity contribution in [3.8, 4) is 0 Å². The first-order valence-electron chi connectivity index (χ1n) is 6.57. The van der Waals surface area contributed by atoms with Crippen molar-refractivity contribution in [3.63, 3.8) is 0 Å². The maximum atomic E-state index is 13.3. The van der Waals surface area contributed by atoms with Gasteiger partial charge < -0.3 is 4.74 Å². The van der Waals surface area contributed by atoms with E-state index in [0.717, 1.165) is 18.4 Å². The highest BCUT2D eigenvalue weighted by molar-refractivity contribution is 5.87. The van der Waals surface area contributed by atoms with Crippen LogP contribution in [0.1, 0.15) is 44.1 Å². The molecule has 1 heterocycles. The van der Waals surface area contributed by atoms with E-state index in [1.807, 2.05) is 13.0 Å². The Kier molecular flexibility index (Phi) is 6.64. The van der Waals surface area contributed by atoms with Crippen LogP contribution in [0.5, 0.6) is 0 Å². The van der Waals surface area contributed by atoms with Crippen LogP contribution >= 0.6 is 0 Å². The van der Waals surface area contributed by atoms with Gasteiger partial charge in [-0.1, -0.05) is 17.2 Å². The highest BCUT2D eigenvalue weighted by Crippen LogP contribution is 2.08. The summed E-state index contributed by atoms with van der Waals surface area (Å²) in [4.78, 5) is 15.3. The number of nitrogens with zero attached hydrogens (tertiary/aromatic N) is 1. The smallest absolute Gasteiger partial charge is 0.360 e. The van der Waals surface area contributed by atoms with E-state index in [-0.39, 0.29) is 12.3 Å². The van der Waals surface area contributed by atoms with Gasteiger partial charge in [0, 0.05) is 6.20 Å². The molecule has 0 amide bonds. The molecule has 0 aliphatic rings.